The lowest BCUT2D eigenvalue weighted by Gasteiger charge is -2.15. The van der Waals surface area contributed by atoms with Gasteiger partial charge in [-0.15, -0.1) is 12.3 Å². The molecule has 0 saturated heterocycles. The molecule has 0 N–H and O–H groups in total. The molecule has 0 aliphatic heterocycles. The van der Waals surface area contributed by atoms with E-state index in [1.54, 1.807) is 7.11 Å². The second-order valence-electron chi connectivity index (χ2n) is 3.29. The average molecular weight is 158 g/mol. The molecule has 60 valence electrons. The monoisotopic (exact) mass is 158 g/mol. The number of hydrogen-bond donors (Lipinski definition) is 0. The van der Waals surface area contributed by atoms with Gasteiger partial charge in [-0.1, -0.05) is 19.1 Å². The van der Waals surface area contributed by atoms with Gasteiger partial charge >= 0.3 is 0 Å². The van der Waals surface area contributed by atoms with Crippen LogP contribution in [0.3, 0.4) is 0 Å². The third-order valence-corrected chi connectivity index (χ3v) is 4.47. The fourth-order valence-electron chi connectivity index (χ4n) is 0.774. The normalized spacial score (nSPS) is 11.5. The summed E-state index contributed by atoms with van der Waals surface area (Å²) in [4.78, 5) is 0. The van der Waals surface area contributed by atoms with Gasteiger partial charge < -0.3 is 4.74 Å². The molecule has 0 amide bonds. The number of methoxy groups -OCH3 is 1. The highest BCUT2D eigenvalue weighted by atomic mass is 28.3. The van der Waals surface area contributed by atoms with Crippen molar-refractivity contribution in [3.8, 4) is 0 Å². The first-order valence-corrected chi connectivity index (χ1v) is 7.03. The lowest BCUT2D eigenvalue weighted by molar-refractivity contribution is 0.199. The Hall–Kier alpha value is -0.0831. The zero-order valence-corrected chi connectivity index (χ0v) is 8.31. The van der Waals surface area contributed by atoms with Crippen molar-refractivity contribution in [3.05, 3.63) is 12.3 Å². The standard InChI is InChI=1S/C8H18OSi/c1-5-10(3,4)8-6-7-9-2/h5H,1,6-8H2,2-4H3. The average Bonchev–Trinajstić information content (AvgIpc) is 1.89. The van der Waals surface area contributed by atoms with Gasteiger partial charge in [-0.25, -0.2) is 0 Å². The zero-order valence-electron chi connectivity index (χ0n) is 7.31. The fraction of sp³-hybridized carbons (Fsp3) is 0.750. The summed E-state index contributed by atoms with van der Waals surface area (Å²) in [7, 11) is 0.722. The molecule has 0 aliphatic rings. The molecule has 0 atom stereocenters. The maximum atomic E-state index is 4.97. The number of hydrogen-bond acceptors (Lipinski definition) is 1. The minimum absolute atomic E-state index is 0.893. The van der Waals surface area contributed by atoms with Gasteiger partial charge in [0.1, 0.15) is 0 Å². The van der Waals surface area contributed by atoms with Gasteiger partial charge in [0, 0.05) is 13.7 Å². The Morgan fingerprint density at radius 2 is 2.10 bits per heavy atom. The lowest BCUT2D eigenvalue weighted by Crippen LogP contribution is -2.21. The van der Waals surface area contributed by atoms with Crippen LogP contribution >= 0.6 is 0 Å². The maximum absolute atomic E-state index is 4.97. The zero-order chi connectivity index (χ0) is 8.04. The summed E-state index contributed by atoms with van der Waals surface area (Å²) in [5.74, 6) is 0. The van der Waals surface area contributed by atoms with Crippen LogP contribution in [0.5, 0.6) is 0 Å². The molecule has 10 heavy (non-hydrogen) atoms. The predicted molar refractivity (Wildman–Crippen MR) is 49.0 cm³/mol. The molecule has 2 heteroatoms. The summed E-state index contributed by atoms with van der Waals surface area (Å²) in [6.45, 7) is 9.38. The van der Waals surface area contributed by atoms with E-state index in [9.17, 15) is 0 Å². The molecule has 0 heterocycles. The van der Waals surface area contributed by atoms with Crippen molar-refractivity contribution < 1.29 is 4.74 Å². The van der Waals surface area contributed by atoms with Crippen LogP contribution in [0.4, 0.5) is 0 Å². The molecule has 0 spiro atoms. The predicted octanol–water partition coefficient (Wildman–Crippen LogP) is 2.46. The minimum atomic E-state index is -1.03. The van der Waals surface area contributed by atoms with Gasteiger partial charge in [0.15, 0.2) is 0 Å². The Balaban J connectivity index is 3.37. The Bertz CT molecular complexity index is 99.4. The summed E-state index contributed by atoms with van der Waals surface area (Å²) >= 11 is 0. The van der Waals surface area contributed by atoms with Crippen LogP contribution < -0.4 is 0 Å². The van der Waals surface area contributed by atoms with Crippen LogP contribution in [0, 0.1) is 0 Å². The molecule has 0 aromatic carbocycles. The Morgan fingerprint density at radius 3 is 2.50 bits per heavy atom. The molecule has 0 aromatic rings. The summed E-state index contributed by atoms with van der Waals surface area (Å²) in [6.07, 6.45) is 1.18. The highest BCUT2D eigenvalue weighted by molar-refractivity contribution is 6.82. The molecular weight excluding hydrogens is 140 g/mol. The maximum Gasteiger partial charge on any atom is 0.0710 e. The fourth-order valence-corrected chi connectivity index (χ4v) is 2.03. The molecule has 0 rings (SSSR count). The molecule has 0 aliphatic carbocycles. The first-order valence-electron chi connectivity index (χ1n) is 3.75. The first-order chi connectivity index (χ1) is 4.62. The van der Waals surface area contributed by atoms with Crippen molar-refractivity contribution >= 4 is 8.07 Å². The first kappa shape index (κ1) is 9.92. The van der Waals surface area contributed by atoms with E-state index >= 15 is 0 Å². The quantitative estimate of drug-likeness (QED) is 0.441. The largest absolute Gasteiger partial charge is 0.385 e. The van der Waals surface area contributed by atoms with Gasteiger partial charge in [-0.3, -0.25) is 0 Å². The molecule has 0 bridgehead atoms. The minimum Gasteiger partial charge on any atom is -0.385 e. The highest BCUT2D eigenvalue weighted by Crippen LogP contribution is 2.12. The van der Waals surface area contributed by atoms with Crippen LogP contribution in [0.15, 0.2) is 12.3 Å². The van der Waals surface area contributed by atoms with Gasteiger partial charge in [-0.05, 0) is 6.42 Å². The van der Waals surface area contributed by atoms with Gasteiger partial charge in [0.05, 0.1) is 8.07 Å². The summed E-state index contributed by atoms with van der Waals surface area (Å²) in [5.41, 5.74) is 2.14. The van der Waals surface area contributed by atoms with Crippen molar-refractivity contribution in [2.75, 3.05) is 13.7 Å². The van der Waals surface area contributed by atoms with Crippen LogP contribution in [-0.2, 0) is 4.74 Å². The van der Waals surface area contributed by atoms with Gasteiger partial charge in [-0.2, -0.15) is 0 Å². The van der Waals surface area contributed by atoms with E-state index in [-0.39, 0.29) is 0 Å². The van der Waals surface area contributed by atoms with Crippen LogP contribution in [0.1, 0.15) is 6.42 Å². The molecule has 0 radical (unpaired) electrons. The van der Waals surface area contributed by atoms with Gasteiger partial charge in [0.2, 0.25) is 0 Å². The van der Waals surface area contributed by atoms with E-state index in [4.69, 9.17) is 4.74 Å². The molecule has 0 fully saturated rings. The SMILES string of the molecule is C=C[Si](C)(C)CCCOC. The lowest BCUT2D eigenvalue weighted by atomic mass is 10.5. The van der Waals surface area contributed by atoms with E-state index in [1.165, 1.54) is 12.5 Å². The van der Waals surface area contributed by atoms with Crippen molar-refractivity contribution in [1.29, 1.82) is 0 Å². The Labute approximate surface area is 65.1 Å². The van der Waals surface area contributed by atoms with Crippen molar-refractivity contribution in [3.63, 3.8) is 0 Å². The van der Waals surface area contributed by atoms with Crippen LogP contribution in [0.25, 0.3) is 0 Å². The molecule has 0 aromatic heterocycles. The van der Waals surface area contributed by atoms with Crippen molar-refractivity contribution in [2.24, 2.45) is 0 Å². The number of rotatable bonds is 5. The van der Waals surface area contributed by atoms with Crippen molar-refractivity contribution in [2.45, 2.75) is 25.6 Å². The topological polar surface area (TPSA) is 9.23 Å². The second-order valence-corrected chi connectivity index (χ2v) is 8.17. The highest BCUT2D eigenvalue weighted by Gasteiger charge is 2.14. The van der Waals surface area contributed by atoms with E-state index in [0.29, 0.717) is 0 Å². The summed E-state index contributed by atoms with van der Waals surface area (Å²) < 4.78 is 4.97. The van der Waals surface area contributed by atoms with E-state index in [1.807, 2.05) is 0 Å². The van der Waals surface area contributed by atoms with E-state index in [2.05, 4.69) is 25.4 Å². The second kappa shape index (κ2) is 4.69. The van der Waals surface area contributed by atoms with E-state index < -0.39 is 8.07 Å². The van der Waals surface area contributed by atoms with Gasteiger partial charge in [0.25, 0.3) is 0 Å². The molecule has 1 nitrogen and oxygen atoms in total. The smallest absolute Gasteiger partial charge is 0.0710 e. The Morgan fingerprint density at radius 1 is 1.50 bits per heavy atom. The Kier molecular flexibility index (Phi) is 4.65. The van der Waals surface area contributed by atoms with E-state index in [0.717, 1.165) is 6.61 Å². The van der Waals surface area contributed by atoms with Crippen LogP contribution in [-0.4, -0.2) is 21.8 Å². The van der Waals surface area contributed by atoms with Crippen LogP contribution in [0.2, 0.25) is 19.1 Å². The third-order valence-electron chi connectivity index (χ3n) is 1.72. The number of ether oxygens (including phenoxy) is 1. The molecular formula is C8H18OSi. The molecule has 0 saturated carbocycles. The third kappa shape index (κ3) is 4.76. The summed E-state index contributed by atoms with van der Waals surface area (Å²) in [6, 6.07) is 1.30. The molecule has 0 unspecified atom stereocenters. The van der Waals surface area contributed by atoms with Crippen molar-refractivity contribution in [1.82, 2.24) is 0 Å². The summed E-state index contributed by atoms with van der Waals surface area (Å²) in [5, 5.41) is 0.